The number of carboxylic acid groups (broad SMARTS) is 1. The fourth-order valence-electron chi connectivity index (χ4n) is 3.34. The van der Waals surface area contributed by atoms with Crippen molar-refractivity contribution in [2.45, 2.75) is 71.3 Å². The maximum absolute atomic E-state index is 11.1. The van der Waals surface area contributed by atoms with Crippen LogP contribution in [-0.2, 0) is 4.79 Å². The van der Waals surface area contributed by atoms with Crippen LogP contribution in [0.4, 0.5) is 0 Å². The summed E-state index contributed by atoms with van der Waals surface area (Å²) in [5.74, 6) is -0.0599. The van der Waals surface area contributed by atoms with Gasteiger partial charge in [0.15, 0.2) is 0 Å². The molecule has 0 aliphatic heterocycles. The second-order valence-corrected chi connectivity index (χ2v) is 5.49. The van der Waals surface area contributed by atoms with Crippen LogP contribution in [-0.4, -0.2) is 35.1 Å². The van der Waals surface area contributed by atoms with Gasteiger partial charge in [0.2, 0.25) is 0 Å². The zero-order valence-electron chi connectivity index (χ0n) is 12.0. The summed E-state index contributed by atoms with van der Waals surface area (Å²) in [5.41, 5.74) is 0. The van der Waals surface area contributed by atoms with Gasteiger partial charge in [-0.2, -0.15) is 0 Å². The third-order valence-electron chi connectivity index (χ3n) is 4.36. The van der Waals surface area contributed by atoms with Crippen molar-refractivity contribution in [2.24, 2.45) is 5.92 Å². The van der Waals surface area contributed by atoms with Crippen molar-refractivity contribution in [3.8, 4) is 0 Å². The molecule has 1 atom stereocenters. The summed E-state index contributed by atoms with van der Waals surface area (Å²) in [7, 11) is 0. The Labute approximate surface area is 112 Å². The van der Waals surface area contributed by atoms with E-state index < -0.39 is 5.97 Å². The van der Waals surface area contributed by atoms with Crippen LogP contribution in [0.15, 0.2) is 0 Å². The standard InChI is InChI=1S/C15H29NO2/c1-3-16(4-2)14(12-15(17)18)13-10-8-6-5-7-9-11-13/h13-14H,3-12H2,1-2H3,(H,17,18). The highest BCUT2D eigenvalue weighted by Crippen LogP contribution is 2.29. The first-order valence-corrected chi connectivity index (χ1v) is 7.64. The number of hydrogen-bond donors (Lipinski definition) is 1. The van der Waals surface area contributed by atoms with Gasteiger partial charge in [0.1, 0.15) is 0 Å². The quantitative estimate of drug-likeness (QED) is 0.789. The average molecular weight is 255 g/mol. The Bertz CT molecular complexity index is 231. The predicted molar refractivity (Wildman–Crippen MR) is 74.8 cm³/mol. The summed E-state index contributed by atoms with van der Waals surface area (Å²) in [4.78, 5) is 13.5. The maximum atomic E-state index is 11.1. The molecule has 1 N–H and O–H groups in total. The van der Waals surface area contributed by atoms with Crippen molar-refractivity contribution in [3.05, 3.63) is 0 Å². The van der Waals surface area contributed by atoms with Gasteiger partial charge in [-0.05, 0) is 31.8 Å². The Morgan fingerprint density at radius 1 is 1.11 bits per heavy atom. The molecule has 3 nitrogen and oxygen atoms in total. The van der Waals surface area contributed by atoms with E-state index in [0.29, 0.717) is 12.3 Å². The molecule has 0 amide bonds. The van der Waals surface area contributed by atoms with Crippen molar-refractivity contribution in [1.82, 2.24) is 4.90 Å². The molecule has 1 aliphatic carbocycles. The van der Waals surface area contributed by atoms with Gasteiger partial charge in [0.05, 0.1) is 6.42 Å². The molecule has 1 rings (SSSR count). The summed E-state index contributed by atoms with van der Waals surface area (Å²) in [6.45, 7) is 6.21. The van der Waals surface area contributed by atoms with Crippen LogP contribution in [0.2, 0.25) is 0 Å². The van der Waals surface area contributed by atoms with E-state index in [4.69, 9.17) is 5.11 Å². The van der Waals surface area contributed by atoms with E-state index in [1.165, 1.54) is 44.9 Å². The molecular weight excluding hydrogens is 226 g/mol. The molecule has 0 bridgehead atoms. The molecule has 3 heteroatoms. The van der Waals surface area contributed by atoms with E-state index in [1.54, 1.807) is 0 Å². The van der Waals surface area contributed by atoms with Crippen molar-refractivity contribution >= 4 is 5.97 Å². The lowest BCUT2D eigenvalue weighted by Gasteiger charge is -2.36. The van der Waals surface area contributed by atoms with E-state index in [0.717, 1.165) is 13.1 Å². The van der Waals surface area contributed by atoms with Crippen molar-refractivity contribution in [1.29, 1.82) is 0 Å². The van der Waals surface area contributed by atoms with Gasteiger partial charge >= 0.3 is 5.97 Å². The Morgan fingerprint density at radius 3 is 2.06 bits per heavy atom. The second-order valence-electron chi connectivity index (χ2n) is 5.49. The topological polar surface area (TPSA) is 40.5 Å². The van der Waals surface area contributed by atoms with E-state index in [1.807, 2.05) is 0 Å². The molecular formula is C15H29NO2. The average Bonchev–Trinajstić information content (AvgIpc) is 2.28. The molecule has 1 fully saturated rings. The Hall–Kier alpha value is -0.570. The van der Waals surface area contributed by atoms with Crippen molar-refractivity contribution in [3.63, 3.8) is 0 Å². The van der Waals surface area contributed by atoms with Gasteiger partial charge in [0.25, 0.3) is 0 Å². The molecule has 0 heterocycles. The molecule has 0 saturated heterocycles. The van der Waals surface area contributed by atoms with Crippen LogP contribution in [0.5, 0.6) is 0 Å². The normalized spacial score (nSPS) is 20.4. The SMILES string of the molecule is CCN(CC)C(CC(=O)O)C1CCCCCCC1. The molecule has 106 valence electrons. The summed E-state index contributed by atoms with van der Waals surface area (Å²) < 4.78 is 0. The molecule has 0 radical (unpaired) electrons. The van der Waals surface area contributed by atoms with Gasteiger partial charge in [-0.3, -0.25) is 4.79 Å². The van der Waals surface area contributed by atoms with Crippen LogP contribution >= 0.6 is 0 Å². The molecule has 0 aromatic carbocycles. The van der Waals surface area contributed by atoms with E-state index >= 15 is 0 Å². The third kappa shape index (κ3) is 4.97. The Morgan fingerprint density at radius 2 is 1.61 bits per heavy atom. The molecule has 0 aromatic heterocycles. The van der Waals surface area contributed by atoms with Gasteiger partial charge in [-0.1, -0.05) is 46.0 Å². The zero-order chi connectivity index (χ0) is 13.4. The molecule has 0 spiro atoms. The summed E-state index contributed by atoms with van der Waals surface area (Å²) in [6, 6.07) is 0.246. The fourth-order valence-corrected chi connectivity index (χ4v) is 3.34. The highest BCUT2D eigenvalue weighted by atomic mass is 16.4. The number of aliphatic carboxylic acids is 1. The van der Waals surface area contributed by atoms with Gasteiger partial charge < -0.3 is 10.0 Å². The highest BCUT2D eigenvalue weighted by molar-refractivity contribution is 5.67. The molecule has 1 unspecified atom stereocenters. The lowest BCUT2D eigenvalue weighted by Crippen LogP contribution is -2.42. The number of nitrogens with zero attached hydrogens (tertiary/aromatic N) is 1. The second kappa shape index (κ2) is 8.52. The minimum Gasteiger partial charge on any atom is -0.481 e. The summed E-state index contributed by atoms with van der Waals surface area (Å²) in [5, 5.41) is 9.15. The lowest BCUT2D eigenvalue weighted by atomic mass is 9.83. The number of rotatable bonds is 6. The lowest BCUT2D eigenvalue weighted by molar-refractivity contribution is -0.139. The fraction of sp³-hybridized carbons (Fsp3) is 0.933. The summed E-state index contributed by atoms with van der Waals surface area (Å²) >= 11 is 0. The van der Waals surface area contributed by atoms with Crippen molar-refractivity contribution < 1.29 is 9.90 Å². The van der Waals surface area contributed by atoms with E-state index in [-0.39, 0.29) is 6.04 Å². The molecule has 1 saturated carbocycles. The number of carbonyl (C=O) groups is 1. The van der Waals surface area contributed by atoms with E-state index in [9.17, 15) is 4.79 Å². The van der Waals surface area contributed by atoms with Crippen LogP contribution < -0.4 is 0 Å². The van der Waals surface area contributed by atoms with Crippen LogP contribution in [0.1, 0.15) is 65.2 Å². The zero-order valence-corrected chi connectivity index (χ0v) is 12.0. The highest BCUT2D eigenvalue weighted by Gasteiger charge is 2.28. The largest absolute Gasteiger partial charge is 0.481 e. The van der Waals surface area contributed by atoms with Crippen LogP contribution in [0.3, 0.4) is 0 Å². The monoisotopic (exact) mass is 255 g/mol. The third-order valence-corrected chi connectivity index (χ3v) is 4.36. The minimum absolute atomic E-state index is 0.246. The number of hydrogen-bond acceptors (Lipinski definition) is 2. The molecule has 1 aliphatic rings. The first kappa shape index (κ1) is 15.5. The van der Waals surface area contributed by atoms with Crippen molar-refractivity contribution in [2.75, 3.05) is 13.1 Å². The first-order valence-electron chi connectivity index (χ1n) is 7.64. The Kier molecular flexibility index (Phi) is 7.33. The maximum Gasteiger partial charge on any atom is 0.304 e. The van der Waals surface area contributed by atoms with Crippen LogP contribution in [0, 0.1) is 5.92 Å². The summed E-state index contributed by atoms with van der Waals surface area (Å²) in [6.07, 6.45) is 9.32. The Balaban J connectivity index is 2.68. The van der Waals surface area contributed by atoms with Gasteiger partial charge in [-0.25, -0.2) is 0 Å². The molecule has 18 heavy (non-hydrogen) atoms. The predicted octanol–water partition coefficient (Wildman–Crippen LogP) is 3.53. The van der Waals surface area contributed by atoms with Gasteiger partial charge in [0, 0.05) is 6.04 Å². The van der Waals surface area contributed by atoms with E-state index in [2.05, 4.69) is 18.7 Å². The first-order chi connectivity index (χ1) is 8.69. The minimum atomic E-state index is -0.644. The number of carboxylic acids is 1. The molecule has 0 aromatic rings. The smallest absolute Gasteiger partial charge is 0.304 e. The van der Waals surface area contributed by atoms with Crippen LogP contribution in [0.25, 0.3) is 0 Å². The van der Waals surface area contributed by atoms with Gasteiger partial charge in [-0.15, -0.1) is 0 Å².